The van der Waals surface area contributed by atoms with Crippen LogP contribution in [-0.2, 0) is 13.0 Å². The van der Waals surface area contributed by atoms with Gasteiger partial charge in [-0.15, -0.1) is 5.10 Å². The third-order valence-electron chi connectivity index (χ3n) is 2.85. The molecule has 0 aliphatic rings. The van der Waals surface area contributed by atoms with Gasteiger partial charge in [-0.3, -0.25) is 0 Å². The molecule has 0 aromatic carbocycles. The minimum Gasteiger partial charge on any atom is -0.481 e. The van der Waals surface area contributed by atoms with Gasteiger partial charge in [0.1, 0.15) is 0 Å². The van der Waals surface area contributed by atoms with E-state index in [1.54, 1.807) is 18.0 Å². The molecule has 0 unspecified atom stereocenters. The maximum absolute atomic E-state index is 5.47. The summed E-state index contributed by atoms with van der Waals surface area (Å²) in [4.78, 5) is 4.16. The number of nitrogens with two attached hydrogens (primary N) is 1. The van der Waals surface area contributed by atoms with Crippen LogP contribution in [0.25, 0.3) is 0 Å². The molecule has 0 aliphatic carbocycles. The van der Waals surface area contributed by atoms with E-state index in [1.807, 2.05) is 18.3 Å². The third kappa shape index (κ3) is 3.75. The van der Waals surface area contributed by atoms with Crippen molar-refractivity contribution in [3.63, 3.8) is 0 Å². The molecule has 0 saturated carbocycles. The minimum absolute atomic E-state index is 0.612. The Bertz CT molecular complexity index is 511. The lowest BCUT2D eigenvalue weighted by molar-refractivity contribution is 0.390. The van der Waals surface area contributed by atoms with Gasteiger partial charge in [-0.2, -0.15) is 0 Å². The summed E-state index contributed by atoms with van der Waals surface area (Å²) in [6.07, 6.45) is 6.65. The highest BCUT2D eigenvalue weighted by Gasteiger charge is 2.06. The summed E-state index contributed by atoms with van der Waals surface area (Å²) in [6.45, 7) is 1.34. The maximum atomic E-state index is 5.47. The van der Waals surface area contributed by atoms with Gasteiger partial charge in [-0.25, -0.2) is 9.67 Å². The molecule has 6 nitrogen and oxygen atoms in total. The summed E-state index contributed by atoms with van der Waals surface area (Å²) >= 11 is 0. The highest BCUT2D eigenvalue weighted by Crippen LogP contribution is 2.14. The number of aryl methyl sites for hydroxylation is 1. The molecule has 102 valence electrons. The zero-order chi connectivity index (χ0) is 13.5. The Labute approximate surface area is 112 Å². The first-order chi connectivity index (χ1) is 9.33. The number of ether oxygens (including phenoxy) is 1. The quantitative estimate of drug-likeness (QED) is 0.752. The zero-order valence-corrected chi connectivity index (χ0v) is 11.1. The van der Waals surface area contributed by atoms with E-state index in [1.165, 1.54) is 0 Å². The van der Waals surface area contributed by atoms with Crippen LogP contribution < -0.4 is 10.5 Å². The van der Waals surface area contributed by atoms with E-state index < -0.39 is 0 Å². The van der Waals surface area contributed by atoms with Gasteiger partial charge in [0.15, 0.2) is 0 Å². The van der Waals surface area contributed by atoms with E-state index in [9.17, 15) is 0 Å². The van der Waals surface area contributed by atoms with Crippen molar-refractivity contribution in [2.75, 3.05) is 13.7 Å². The Morgan fingerprint density at radius 3 is 3.05 bits per heavy atom. The number of hydrogen-bond acceptors (Lipinski definition) is 5. The van der Waals surface area contributed by atoms with Crippen LogP contribution in [0.15, 0.2) is 24.5 Å². The molecule has 0 saturated heterocycles. The van der Waals surface area contributed by atoms with Gasteiger partial charge in [0, 0.05) is 18.0 Å². The second-order valence-electron chi connectivity index (χ2n) is 4.33. The molecule has 6 heteroatoms. The van der Waals surface area contributed by atoms with Crippen molar-refractivity contribution in [2.24, 2.45) is 5.73 Å². The molecule has 19 heavy (non-hydrogen) atoms. The van der Waals surface area contributed by atoms with Gasteiger partial charge in [0.2, 0.25) is 5.88 Å². The number of pyridine rings is 1. The van der Waals surface area contributed by atoms with Crippen LogP contribution in [0.5, 0.6) is 5.88 Å². The van der Waals surface area contributed by atoms with Crippen LogP contribution in [-0.4, -0.2) is 33.6 Å². The van der Waals surface area contributed by atoms with Crippen LogP contribution in [0.1, 0.15) is 24.1 Å². The Morgan fingerprint density at radius 2 is 2.26 bits per heavy atom. The molecule has 2 aromatic heterocycles. The van der Waals surface area contributed by atoms with E-state index in [4.69, 9.17) is 10.5 Å². The summed E-state index contributed by atoms with van der Waals surface area (Å²) in [5, 5.41) is 8.27. The van der Waals surface area contributed by atoms with Crippen molar-refractivity contribution in [3.05, 3.63) is 35.8 Å². The van der Waals surface area contributed by atoms with Crippen molar-refractivity contribution < 1.29 is 4.74 Å². The fraction of sp³-hybridized carbons (Fsp3) is 0.462. The van der Waals surface area contributed by atoms with Crippen molar-refractivity contribution >= 4 is 0 Å². The topological polar surface area (TPSA) is 78.9 Å². The Kier molecular flexibility index (Phi) is 4.85. The number of nitrogens with zero attached hydrogens (tertiary/aromatic N) is 4. The van der Waals surface area contributed by atoms with Gasteiger partial charge in [-0.05, 0) is 31.9 Å². The number of methoxy groups -OCH3 is 1. The molecular formula is C13H19N5O. The second-order valence-corrected chi connectivity index (χ2v) is 4.33. The summed E-state index contributed by atoms with van der Waals surface area (Å²) in [7, 11) is 1.62. The normalized spacial score (nSPS) is 10.6. The molecule has 2 rings (SSSR count). The van der Waals surface area contributed by atoms with Crippen molar-refractivity contribution in [1.29, 1.82) is 0 Å². The van der Waals surface area contributed by atoms with Gasteiger partial charge < -0.3 is 10.5 Å². The number of unbranched alkanes of at least 4 members (excludes halogenated alkanes) is 1. The van der Waals surface area contributed by atoms with Crippen LogP contribution in [0.3, 0.4) is 0 Å². The average Bonchev–Trinajstić information content (AvgIpc) is 2.87. The molecule has 0 bridgehead atoms. The van der Waals surface area contributed by atoms with E-state index in [0.29, 0.717) is 12.4 Å². The van der Waals surface area contributed by atoms with E-state index in [0.717, 1.165) is 37.1 Å². The largest absolute Gasteiger partial charge is 0.481 e. The Balaban J connectivity index is 1.99. The summed E-state index contributed by atoms with van der Waals surface area (Å²) in [6, 6.07) is 3.86. The lowest BCUT2D eigenvalue weighted by atomic mass is 10.2. The van der Waals surface area contributed by atoms with Crippen LogP contribution in [0, 0.1) is 0 Å². The highest BCUT2D eigenvalue weighted by molar-refractivity contribution is 5.25. The summed E-state index contributed by atoms with van der Waals surface area (Å²) in [5.74, 6) is 0.627. The number of aromatic nitrogens is 4. The fourth-order valence-electron chi connectivity index (χ4n) is 1.88. The lowest BCUT2D eigenvalue weighted by Gasteiger charge is -2.05. The van der Waals surface area contributed by atoms with Gasteiger partial charge in [0.25, 0.3) is 0 Å². The minimum atomic E-state index is 0.612. The number of hydrogen-bond donors (Lipinski definition) is 1. The first-order valence-electron chi connectivity index (χ1n) is 6.40. The van der Waals surface area contributed by atoms with Gasteiger partial charge >= 0.3 is 0 Å². The van der Waals surface area contributed by atoms with Gasteiger partial charge in [0.05, 0.1) is 19.3 Å². The standard InChI is InChI=1S/C13H19N5O/c1-19-13-11(5-4-8-15-13)9-18-10-12(16-17-18)6-2-3-7-14/h4-5,8,10H,2-3,6-7,9,14H2,1H3. The monoisotopic (exact) mass is 261 g/mol. The van der Waals surface area contributed by atoms with Crippen LogP contribution in [0.2, 0.25) is 0 Å². The molecule has 0 fully saturated rings. The molecule has 0 atom stereocenters. The van der Waals surface area contributed by atoms with E-state index in [-0.39, 0.29) is 0 Å². The Hall–Kier alpha value is -1.95. The summed E-state index contributed by atoms with van der Waals surface area (Å²) < 4.78 is 7.02. The molecule has 0 radical (unpaired) electrons. The molecule has 2 aromatic rings. The van der Waals surface area contributed by atoms with Gasteiger partial charge in [-0.1, -0.05) is 11.3 Å². The highest BCUT2D eigenvalue weighted by atomic mass is 16.5. The third-order valence-corrected chi connectivity index (χ3v) is 2.85. The fourth-order valence-corrected chi connectivity index (χ4v) is 1.88. The first kappa shape index (κ1) is 13.5. The van der Waals surface area contributed by atoms with Crippen molar-refractivity contribution in [1.82, 2.24) is 20.0 Å². The predicted octanol–water partition coefficient (Wildman–Crippen LogP) is 1.01. The molecule has 2 heterocycles. The van der Waals surface area contributed by atoms with Crippen molar-refractivity contribution in [2.45, 2.75) is 25.8 Å². The van der Waals surface area contributed by atoms with E-state index in [2.05, 4.69) is 15.3 Å². The first-order valence-corrected chi connectivity index (χ1v) is 6.40. The molecule has 0 spiro atoms. The second kappa shape index (κ2) is 6.84. The molecule has 2 N–H and O–H groups in total. The number of rotatable bonds is 7. The van der Waals surface area contributed by atoms with Crippen LogP contribution >= 0.6 is 0 Å². The Morgan fingerprint density at radius 1 is 1.37 bits per heavy atom. The van der Waals surface area contributed by atoms with E-state index >= 15 is 0 Å². The van der Waals surface area contributed by atoms with Crippen LogP contribution in [0.4, 0.5) is 0 Å². The predicted molar refractivity (Wildman–Crippen MR) is 71.9 cm³/mol. The zero-order valence-electron chi connectivity index (χ0n) is 11.1. The SMILES string of the molecule is COc1ncccc1Cn1cc(CCCCN)nn1. The average molecular weight is 261 g/mol. The van der Waals surface area contributed by atoms with Crippen molar-refractivity contribution in [3.8, 4) is 5.88 Å². The molecular weight excluding hydrogens is 242 g/mol. The molecule has 0 aliphatic heterocycles. The maximum Gasteiger partial charge on any atom is 0.218 e. The summed E-state index contributed by atoms with van der Waals surface area (Å²) in [5.41, 5.74) is 7.46. The smallest absolute Gasteiger partial charge is 0.218 e. The lowest BCUT2D eigenvalue weighted by Crippen LogP contribution is -2.03. The molecule has 0 amide bonds.